The Morgan fingerprint density at radius 3 is 2.79 bits per heavy atom. The van der Waals surface area contributed by atoms with Gasteiger partial charge < -0.3 is 15.7 Å². The van der Waals surface area contributed by atoms with Gasteiger partial charge in [-0.1, -0.05) is 12.1 Å². The van der Waals surface area contributed by atoms with E-state index in [1.54, 1.807) is 6.92 Å². The Labute approximate surface area is 112 Å². The van der Waals surface area contributed by atoms with E-state index in [9.17, 15) is 4.79 Å². The van der Waals surface area contributed by atoms with E-state index in [4.69, 9.17) is 10.9 Å². The first kappa shape index (κ1) is 14.9. The highest BCUT2D eigenvalue weighted by Gasteiger charge is 2.12. The Balaban J connectivity index is 3.06. The zero-order valence-electron chi connectivity index (χ0n) is 11.4. The molecule has 0 unspecified atom stereocenters. The number of rotatable bonds is 5. The molecule has 0 spiro atoms. The van der Waals surface area contributed by atoms with E-state index in [2.05, 4.69) is 14.9 Å². The first-order valence-corrected chi connectivity index (χ1v) is 6.07. The highest BCUT2D eigenvalue weighted by molar-refractivity contribution is 5.98. The average molecular weight is 265 g/mol. The van der Waals surface area contributed by atoms with Gasteiger partial charge in [-0.15, -0.1) is 0 Å². The van der Waals surface area contributed by atoms with Crippen LogP contribution in [0.25, 0.3) is 0 Å². The van der Waals surface area contributed by atoms with Crippen molar-refractivity contribution in [3.05, 3.63) is 28.6 Å². The fourth-order valence-electron chi connectivity index (χ4n) is 1.85. The number of pyridine rings is 1. The standard InChI is InChI=1S/C13H19N3O3/c1-4-9-7-10(13(14)16-18)8(2)15-11(9)5-6-12(17)19-3/h7,18H,4-6H2,1-3H3,(H2,14,16). The molecule has 0 atom stereocenters. The van der Waals surface area contributed by atoms with Crippen molar-refractivity contribution in [3.63, 3.8) is 0 Å². The molecule has 0 aromatic carbocycles. The molecule has 19 heavy (non-hydrogen) atoms. The summed E-state index contributed by atoms with van der Waals surface area (Å²) in [6.07, 6.45) is 1.57. The van der Waals surface area contributed by atoms with E-state index in [0.717, 1.165) is 17.7 Å². The Morgan fingerprint density at radius 1 is 1.58 bits per heavy atom. The van der Waals surface area contributed by atoms with Crippen LogP contribution in [0, 0.1) is 6.92 Å². The molecule has 0 bridgehead atoms. The van der Waals surface area contributed by atoms with Crippen LogP contribution < -0.4 is 5.73 Å². The quantitative estimate of drug-likeness (QED) is 0.273. The lowest BCUT2D eigenvalue weighted by atomic mass is 10.0. The molecule has 1 aromatic rings. The van der Waals surface area contributed by atoms with Crippen molar-refractivity contribution in [1.82, 2.24) is 4.98 Å². The monoisotopic (exact) mass is 265 g/mol. The van der Waals surface area contributed by atoms with Gasteiger partial charge in [-0.25, -0.2) is 0 Å². The predicted molar refractivity (Wildman–Crippen MR) is 71.2 cm³/mol. The minimum atomic E-state index is -0.262. The molecule has 3 N–H and O–H groups in total. The summed E-state index contributed by atoms with van der Waals surface area (Å²) < 4.78 is 4.62. The molecule has 0 radical (unpaired) electrons. The van der Waals surface area contributed by atoms with Crippen molar-refractivity contribution in [2.45, 2.75) is 33.1 Å². The summed E-state index contributed by atoms with van der Waals surface area (Å²) in [4.78, 5) is 15.6. The Hall–Kier alpha value is -2.11. The maximum Gasteiger partial charge on any atom is 0.305 e. The van der Waals surface area contributed by atoms with Gasteiger partial charge in [0, 0.05) is 23.4 Å². The molecule has 0 aliphatic heterocycles. The van der Waals surface area contributed by atoms with E-state index < -0.39 is 0 Å². The second kappa shape index (κ2) is 6.72. The molecule has 0 fully saturated rings. The number of nitrogens with two attached hydrogens (primary N) is 1. The molecule has 0 aliphatic rings. The number of hydrogen-bond donors (Lipinski definition) is 2. The Kier molecular flexibility index (Phi) is 5.29. The van der Waals surface area contributed by atoms with E-state index in [1.807, 2.05) is 13.0 Å². The van der Waals surface area contributed by atoms with Gasteiger partial charge in [-0.2, -0.15) is 0 Å². The molecule has 1 rings (SSSR count). The van der Waals surface area contributed by atoms with Gasteiger partial charge in [0.05, 0.1) is 13.5 Å². The smallest absolute Gasteiger partial charge is 0.305 e. The predicted octanol–water partition coefficient (Wildman–Crippen LogP) is 1.15. The number of ether oxygens (including phenoxy) is 1. The molecule has 1 aromatic heterocycles. The van der Waals surface area contributed by atoms with Crippen LogP contribution in [-0.2, 0) is 22.4 Å². The molecule has 6 nitrogen and oxygen atoms in total. The van der Waals surface area contributed by atoms with Gasteiger partial charge in [-0.3, -0.25) is 9.78 Å². The summed E-state index contributed by atoms with van der Waals surface area (Å²) in [5.74, 6) is -0.221. The molecule has 0 saturated heterocycles. The zero-order valence-corrected chi connectivity index (χ0v) is 11.4. The number of carbonyl (C=O) groups excluding carboxylic acids is 1. The molecule has 0 amide bonds. The Morgan fingerprint density at radius 2 is 2.26 bits per heavy atom. The summed E-state index contributed by atoms with van der Waals surface area (Å²) in [6.45, 7) is 3.78. The van der Waals surface area contributed by atoms with Crippen LogP contribution in [0.3, 0.4) is 0 Å². The van der Waals surface area contributed by atoms with Crippen molar-refractivity contribution in [2.24, 2.45) is 10.9 Å². The molecule has 0 aliphatic carbocycles. The molecule has 0 saturated carbocycles. The van der Waals surface area contributed by atoms with Crippen LogP contribution >= 0.6 is 0 Å². The lowest BCUT2D eigenvalue weighted by Gasteiger charge is -2.11. The Bertz CT molecular complexity index is 498. The number of oxime groups is 1. The summed E-state index contributed by atoms with van der Waals surface area (Å²) in [5.41, 5.74) is 8.71. The maximum absolute atomic E-state index is 11.2. The average Bonchev–Trinajstić information content (AvgIpc) is 2.43. The number of carbonyl (C=O) groups is 1. The van der Waals surface area contributed by atoms with Crippen molar-refractivity contribution in [2.75, 3.05) is 7.11 Å². The number of esters is 1. The minimum Gasteiger partial charge on any atom is -0.469 e. The number of aryl methyl sites for hydroxylation is 3. The van der Waals surface area contributed by atoms with E-state index in [0.29, 0.717) is 24.1 Å². The SMILES string of the molecule is CCc1cc(/C(N)=N\O)c(C)nc1CCC(=O)OC. The topological polar surface area (TPSA) is 97.8 Å². The van der Waals surface area contributed by atoms with Crippen LogP contribution in [0.5, 0.6) is 0 Å². The van der Waals surface area contributed by atoms with Crippen LogP contribution in [0.15, 0.2) is 11.2 Å². The summed E-state index contributed by atoms with van der Waals surface area (Å²) in [6, 6.07) is 1.85. The summed E-state index contributed by atoms with van der Waals surface area (Å²) in [5, 5.41) is 11.7. The van der Waals surface area contributed by atoms with Crippen LogP contribution in [0.2, 0.25) is 0 Å². The van der Waals surface area contributed by atoms with Crippen LogP contribution in [-0.4, -0.2) is 29.1 Å². The highest BCUT2D eigenvalue weighted by atomic mass is 16.5. The number of nitrogens with zero attached hydrogens (tertiary/aromatic N) is 2. The van der Waals surface area contributed by atoms with Gasteiger partial charge in [0.1, 0.15) is 0 Å². The highest BCUT2D eigenvalue weighted by Crippen LogP contribution is 2.15. The fourth-order valence-corrected chi connectivity index (χ4v) is 1.85. The summed E-state index contributed by atoms with van der Waals surface area (Å²) in [7, 11) is 1.36. The van der Waals surface area contributed by atoms with Crippen molar-refractivity contribution in [1.29, 1.82) is 0 Å². The van der Waals surface area contributed by atoms with Crippen LogP contribution in [0.1, 0.15) is 35.9 Å². The lowest BCUT2D eigenvalue weighted by molar-refractivity contribution is -0.140. The van der Waals surface area contributed by atoms with E-state index in [-0.39, 0.29) is 11.8 Å². The first-order valence-electron chi connectivity index (χ1n) is 6.07. The molecule has 104 valence electrons. The van der Waals surface area contributed by atoms with Crippen molar-refractivity contribution < 1.29 is 14.7 Å². The first-order chi connectivity index (χ1) is 9.03. The van der Waals surface area contributed by atoms with Gasteiger partial charge in [0.2, 0.25) is 0 Å². The minimum absolute atomic E-state index is 0.0409. The summed E-state index contributed by atoms with van der Waals surface area (Å²) >= 11 is 0. The third-order valence-electron chi connectivity index (χ3n) is 2.94. The normalized spacial score (nSPS) is 11.4. The third kappa shape index (κ3) is 3.67. The maximum atomic E-state index is 11.2. The molecular weight excluding hydrogens is 246 g/mol. The number of methoxy groups -OCH3 is 1. The fraction of sp³-hybridized carbons (Fsp3) is 0.462. The second-order valence-electron chi connectivity index (χ2n) is 4.14. The van der Waals surface area contributed by atoms with Gasteiger partial charge in [0.25, 0.3) is 0 Å². The molecule has 1 heterocycles. The third-order valence-corrected chi connectivity index (χ3v) is 2.94. The number of hydrogen-bond acceptors (Lipinski definition) is 5. The van der Waals surface area contributed by atoms with E-state index >= 15 is 0 Å². The van der Waals surface area contributed by atoms with Gasteiger partial charge in [-0.05, 0) is 25.0 Å². The molecular formula is C13H19N3O3. The molecule has 6 heteroatoms. The van der Waals surface area contributed by atoms with Gasteiger partial charge >= 0.3 is 5.97 Å². The lowest BCUT2D eigenvalue weighted by Crippen LogP contribution is -2.17. The van der Waals surface area contributed by atoms with E-state index in [1.165, 1.54) is 7.11 Å². The number of aromatic nitrogens is 1. The zero-order chi connectivity index (χ0) is 14.4. The largest absolute Gasteiger partial charge is 0.469 e. The van der Waals surface area contributed by atoms with Crippen molar-refractivity contribution >= 4 is 11.8 Å². The van der Waals surface area contributed by atoms with Crippen molar-refractivity contribution in [3.8, 4) is 0 Å². The van der Waals surface area contributed by atoms with Crippen LogP contribution in [0.4, 0.5) is 0 Å². The number of amidine groups is 1. The second-order valence-corrected chi connectivity index (χ2v) is 4.14. The van der Waals surface area contributed by atoms with Gasteiger partial charge in [0.15, 0.2) is 5.84 Å².